The second-order valence-electron chi connectivity index (χ2n) is 8.65. The van der Waals surface area contributed by atoms with Crippen LogP contribution in [0.1, 0.15) is 27.8 Å². The highest BCUT2D eigenvalue weighted by Crippen LogP contribution is 2.50. The average Bonchev–Trinajstić information content (AvgIpc) is 2.82. The third-order valence-electron chi connectivity index (χ3n) is 5.82. The van der Waals surface area contributed by atoms with Crippen LogP contribution in [0.3, 0.4) is 0 Å². The maximum atomic E-state index is 13.3. The van der Waals surface area contributed by atoms with Crippen molar-refractivity contribution >= 4 is 5.91 Å². The van der Waals surface area contributed by atoms with E-state index in [1.54, 1.807) is 0 Å². The van der Waals surface area contributed by atoms with Crippen LogP contribution in [0.4, 0.5) is 26.3 Å². The molecule has 3 rings (SSSR count). The Hall–Kier alpha value is -3.53. The lowest BCUT2D eigenvalue weighted by Crippen LogP contribution is -2.54. The van der Waals surface area contributed by atoms with Gasteiger partial charge in [-0.1, -0.05) is 60.7 Å². The van der Waals surface area contributed by atoms with Crippen molar-refractivity contribution in [3.05, 3.63) is 101 Å². The van der Waals surface area contributed by atoms with Crippen molar-refractivity contribution in [2.45, 2.75) is 44.9 Å². The van der Waals surface area contributed by atoms with Gasteiger partial charge in [0.25, 0.3) is 11.5 Å². The number of alkyl halides is 6. The number of aryl methyl sites for hydroxylation is 2. The van der Waals surface area contributed by atoms with E-state index in [4.69, 9.17) is 4.74 Å². The Balaban J connectivity index is 1.84. The van der Waals surface area contributed by atoms with Gasteiger partial charge < -0.3 is 14.7 Å². The highest BCUT2D eigenvalue weighted by Gasteiger charge is 2.71. The molecule has 0 atom stereocenters. The van der Waals surface area contributed by atoms with Gasteiger partial charge in [-0.25, -0.2) is 0 Å². The van der Waals surface area contributed by atoms with Gasteiger partial charge in [-0.3, -0.25) is 4.79 Å². The van der Waals surface area contributed by atoms with E-state index in [1.165, 1.54) is 18.7 Å². The molecule has 0 fully saturated rings. The van der Waals surface area contributed by atoms with Gasteiger partial charge in [0.15, 0.2) is 6.61 Å². The molecule has 0 aliphatic rings. The minimum Gasteiger partial charge on any atom is -0.483 e. The predicted molar refractivity (Wildman–Crippen MR) is 125 cm³/mol. The number of carbonyl (C=O) groups is 1. The quantitative estimate of drug-likeness (QED) is 0.355. The van der Waals surface area contributed by atoms with Gasteiger partial charge in [-0.05, 0) is 48.2 Å². The smallest absolute Gasteiger partial charge is 0.430 e. The molecule has 0 heterocycles. The summed E-state index contributed by atoms with van der Waals surface area (Å²) < 4.78 is 85.4. The number of nitrogens with zero attached hydrogens (tertiary/aromatic N) is 1. The molecule has 37 heavy (non-hydrogen) atoms. The molecule has 0 aromatic heterocycles. The number of hydrogen-bond acceptors (Lipinski definition) is 3. The van der Waals surface area contributed by atoms with Gasteiger partial charge in [-0.2, -0.15) is 26.3 Å². The third kappa shape index (κ3) is 6.25. The summed E-state index contributed by atoms with van der Waals surface area (Å²) in [5.41, 5.74) is -4.88. The number of carbonyl (C=O) groups excluding carboxylic acids is 1. The van der Waals surface area contributed by atoms with E-state index < -0.39 is 36.0 Å². The predicted octanol–water partition coefficient (Wildman–Crippen LogP) is 6.22. The van der Waals surface area contributed by atoms with Gasteiger partial charge in [0.05, 0.1) is 0 Å². The zero-order valence-corrected chi connectivity index (χ0v) is 20.0. The highest BCUT2D eigenvalue weighted by molar-refractivity contribution is 5.78. The molecule has 3 aromatic carbocycles. The monoisotopic (exact) mass is 525 g/mol. The maximum absolute atomic E-state index is 13.3. The first-order chi connectivity index (χ1) is 17.2. The average molecular weight is 525 g/mol. The van der Waals surface area contributed by atoms with E-state index in [-0.39, 0.29) is 30.0 Å². The van der Waals surface area contributed by atoms with Crippen LogP contribution in [-0.4, -0.2) is 34.9 Å². The molecule has 0 unspecified atom stereocenters. The maximum Gasteiger partial charge on any atom is 0.430 e. The van der Waals surface area contributed by atoms with E-state index in [2.05, 4.69) is 0 Å². The van der Waals surface area contributed by atoms with Crippen molar-refractivity contribution in [3.8, 4) is 5.75 Å². The molecule has 0 saturated carbocycles. The molecule has 10 heteroatoms. The van der Waals surface area contributed by atoms with Gasteiger partial charge in [0.1, 0.15) is 5.75 Å². The van der Waals surface area contributed by atoms with Crippen LogP contribution < -0.4 is 4.74 Å². The van der Waals surface area contributed by atoms with Gasteiger partial charge >= 0.3 is 12.4 Å². The summed E-state index contributed by atoms with van der Waals surface area (Å²) in [5.74, 6) is -0.471. The summed E-state index contributed by atoms with van der Waals surface area (Å²) in [7, 11) is 0. The number of benzene rings is 3. The van der Waals surface area contributed by atoms with E-state index >= 15 is 0 Å². The standard InChI is InChI=1S/C27H25F6NO3/c1-18-13-22(25(36,26(28,29)30)27(31,32)33)14-19(2)24(18)37-17-23(35)34(15-20-9-5-3-6-10-20)16-21-11-7-4-8-12-21/h3-14,36H,15-17H2,1-2H3. The first-order valence-corrected chi connectivity index (χ1v) is 11.2. The van der Waals surface area contributed by atoms with Crippen LogP contribution in [0.5, 0.6) is 5.75 Å². The van der Waals surface area contributed by atoms with Gasteiger partial charge in [0.2, 0.25) is 0 Å². The number of rotatable bonds is 8. The summed E-state index contributed by atoms with van der Waals surface area (Å²) in [4.78, 5) is 14.6. The lowest BCUT2D eigenvalue weighted by Gasteiger charge is -2.33. The van der Waals surface area contributed by atoms with Gasteiger partial charge in [0, 0.05) is 18.7 Å². The Morgan fingerprint density at radius 3 is 1.57 bits per heavy atom. The third-order valence-corrected chi connectivity index (χ3v) is 5.82. The van der Waals surface area contributed by atoms with Crippen LogP contribution in [0.15, 0.2) is 72.8 Å². The molecule has 0 spiro atoms. The van der Waals surface area contributed by atoms with E-state index in [0.29, 0.717) is 12.1 Å². The fourth-order valence-corrected chi connectivity index (χ4v) is 3.94. The zero-order valence-electron chi connectivity index (χ0n) is 20.0. The Morgan fingerprint density at radius 2 is 1.19 bits per heavy atom. The minimum atomic E-state index is -6.00. The normalized spacial score (nSPS) is 12.4. The Kier molecular flexibility index (Phi) is 8.22. The summed E-state index contributed by atoms with van der Waals surface area (Å²) in [6.07, 6.45) is -12.0. The molecule has 198 valence electrons. The topological polar surface area (TPSA) is 49.8 Å². The van der Waals surface area contributed by atoms with Crippen LogP contribution in [0.25, 0.3) is 0 Å². The van der Waals surface area contributed by atoms with Crippen LogP contribution in [-0.2, 0) is 23.5 Å². The molecule has 0 radical (unpaired) electrons. The number of ether oxygens (including phenoxy) is 1. The van der Waals surface area contributed by atoms with E-state index in [9.17, 15) is 36.2 Å². The Bertz CT molecular complexity index is 1130. The molecule has 0 aliphatic carbocycles. The van der Waals surface area contributed by atoms with E-state index in [1.807, 2.05) is 60.7 Å². The minimum absolute atomic E-state index is 0.0387. The number of halogens is 6. The summed E-state index contributed by atoms with van der Waals surface area (Å²) in [5, 5.41) is 9.72. The zero-order chi connectivity index (χ0) is 27.4. The fourth-order valence-electron chi connectivity index (χ4n) is 3.94. The molecule has 0 aliphatic heterocycles. The second kappa shape index (κ2) is 10.8. The van der Waals surface area contributed by atoms with Crippen LogP contribution >= 0.6 is 0 Å². The van der Waals surface area contributed by atoms with Crippen molar-refractivity contribution in [2.75, 3.05) is 6.61 Å². The first kappa shape index (κ1) is 28.0. The first-order valence-electron chi connectivity index (χ1n) is 11.2. The largest absolute Gasteiger partial charge is 0.483 e. The van der Waals surface area contributed by atoms with Crippen molar-refractivity contribution in [2.24, 2.45) is 0 Å². The molecule has 0 bridgehead atoms. The van der Waals surface area contributed by atoms with Crippen molar-refractivity contribution in [1.29, 1.82) is 0 Å². The van der Waals surface area contributed by atoms with Gasteiger partial charge in [-0.15, -0.1) is 0 Å². The number of hydrogen-bond donors (Lipinski definition) is 1. The van der Waals surface area contributed by atoms with Crippen LogP contribution in [0.2, 0.25) is 0 Å². The molecular weight excluding hydrogens is 500 g/mol. The lowest BCUT2D eigenvalue weighted by atomic mass is 9.89. The van der Waals surface area contributed by atoms with Crippen LogP contribution in [0, 0.1) is 13.8 Å². The highest BCUT2D eigenvalue weighted by atomic mass is 19.4. The summed E-state index contributed by atoms with van der Waals surface area (Å²) >= 11 is 0. The molecule has 1 N–H and O–H groups in total. The van der Waals surface area contributed by atoms with Crippen molar-refractivity contribution in [1.82, 2.24) is 4.90 Å². The summed E-state index contributed by atoms with van der Waals surface area (Å²) in [6, 6.07) is 19.5. The lowest BCUT2D eigenvalue weighted by molar-refractivity contribution is -0.376. The second-order valence-corrected chi connectivity index (χ2v) is 8.65. The SMILES string of the molecule is Cc1cc(C(O)(C(F)(F)F)C(F)(F)F)cc(C)c1OCC(=O)N(Cc1ccccc1)Cc1ccccc1. The van der Waals surface area contributed by atoms with Crippen molar-refractivity contribution in [3.63, 3.8) is 0 Å². The molecule has 4 nitrogen and oxygen atoms in total. The molecule has 3 aromatic rings. The number of amides is 1. The van der Waals surface area contributed by atoms with Crippen molar-refractivity contribution < 1.29 is 41.0 Å². The summed E-state index contributed by atoms with van der Waals surface area (Å²) in [6.45, 7) is 2.52. The molecular formula is C27H25F6NO3. The Labute approximate surface area is 210 Å². The fraction of sp³-hybridized carbons (Fsp3) is 0.296. The molecule has 1 amide bonds. The van der Waals surface area contributed by atoms with E-state index in [0.717, 1.165) is 11.1 Å². The number of aliphatic hydroxyl groups is 1. The molecule has 0 saturated heterocycles. The Morgan fingerprint density at radius 1 is 0.784 bits per heavy atom.